The van der Waals surface area contributed by atoms with E-state index in [1.807, 2.05) is 54.4 Å². The summed E-state index contributed by atoms with van der Waals surface area (Å²) in [6.45, 7) is 0. The van der Waals surface area contributed by atoms with Gasteiger partial charge >= 0.3 is 5.97 Å². The SMILES string of the molecule is CN(c1ccc(CC(=O)Oc2ccccc2)cc1)c1ccnc(Nc2cccc(NS(=O)O)c2)n1. The van der Waals surface area contributed by atoms with Gasteiger partial charge in [-0.1, -0.05) is 36.4 Å². The maximum atomic E-state index is 12.2. The van der Waals surface area contributed by atoms with Gasteiger partial charge in [0.15, 0.2) is 0 Å². The van der Waals surface area contributed by atoms with Crippen molar-refractivity contribution >= 4 is 46.1 Å². The number of anilines is 5. The average Bonchev–Trinajstić information content (AvgIpc) is 2.85. The highest BCUT2D eigenvalue weighted by atomic mass is 32.2. The normalized spacial score (nSPS) is 11.4. The summed E-state index contributed by atoms with van der Waals surface area (Å²) in [5, 5.41) is 3.09. The summed E-state index contributed by atoms with van der Waals surface area (Å²) < 4.78 is 27.7. The Morgan fingerprint density at radius 2 is 1.74 bits per heavy atom. The first kappa shape index (κ1) is 23.9. The number of carbonyl (C=O) groups excluding carboxylic acids is 1. The molecule has 0 fully saturated rings. The minimum absolute atomic E-state index is 0.165. The van der Waals surface area contributed by atoms with Crippen molar-refractivity contribution in [3.05, 3.63) is 96.7 Å². The predicted molar refractivity (Wildman–Crippen MR) is 136 cm³/mol. The van der Waals surface area contributed by atoms with Crippen LogP contribution in [0.3, 0.4) is 0 Å². The van der Waals surface area contributed by atoms with Gasteiger partial charge in [0.2, 0.25) is 5.95 Å². The molecule has 1 aromatic heterocycles. The number of ether oxygens (including phenoxy) is 1. The molecule has 4 aromatic rings. The van der Waals surface area contributed by atoms with Gasteiger partial charge in [-0.05, 0) is 54.1 Å². The predicted octanol–water partition coefficient (Wildman–Crippen LogP) is 4.68. The van der Waals surface area contributed by atoms with Crippen molar-refractivity contribution in [3.8, 4) is 5.75 Å². The third-order valence-electron chi connectivity index (χ3n) is 4.96. The average molecular weight is 490 g/mol. The third-order valence-corrected chi connectivity index (χ3v) is 5.37. The van der Waals surface area contributed by atoms with Crippen molar-refractivity contribution in [2.24, 2.45) is 0 Å². The van der Waals surface area contributed by atoms with E-state index in [0.29, 0.717) is 28.9 Å². The molecule has 35 heavy (non-hydrogen) atoms. The number of hydrogen-bond donors (Lipinski definition) is 3. The van der Waals surface area contributed by atoms with E-state index in [1.54, 1.807) is 48.7 Å². The Balaban J connectivity index is 1.40. The lowest BCUT2D eigenvalue weighted by molar-refractivity contribution is -0.133. The number of nitrogens with one attached hydrogen (secondary N) is 2. The fraction of sp³-hybridized carbons (Fsp3) is 0.0800. The van der Waals surface area contributed by atoms with E-state index < -0.39 is 11.3 Å². The summed E-state index contributed by atoms with van der Waals surface area (Å²) in [6, 6.07) is 25.2. The molecule has 9 nitrogen and oxygen atoms in total. The zero-order chi connectivity index (χ0) is 24.6. The molecule has 3 N–H and O–H groups in total. The highest BCUT2D eigenvalue weighted by Crippen LogP contribution is 2.24. The molecule has 0 radical (unpaired) electrons. The molecule has 10 heteroatoms. The van der Waals surface area contributed by atoms with Crippen LogP contribution in [0.1, 0.15) is 5.56 Å². The highest BCUT2D eigenvalue weighted by Gasteiger charge is 2.10. The second-order valence-corrected chi connectivity index (χ2v) is 8.19. The molecular weight excluding hydrogens is 466 g/mol. The molecule has 0 saturated heterocycles. The molecule has 4 rings (SSSR count). The maximum Gasteiger partial charge on any atom is 0.315 e. The number of para-hydroxylation sites is 1. The van der Waals surface area contributed by atoms with E-state index in [1.165, 1.54) is 0 Å². The van der Waals surface area contributed by atoms with Gasteiger partial charge in [0.25, 0.3) is 11.3 Å². The van der Waals surface area contributed by atoms with Gasteiger partial charge in [-0.15, -0.1) is 0 Å². The molecule has 1 atom stereocenters. The topological polar surface area (TPSA) is 117 Å². The molecule has 0 aliphatic heterocycles. The van der Waals surface area contributed by atoms with Gasteiger partial charge in [-0.3, -0.25) is 14.1 Å². The standard InChI is InChI=1S/C25H23N5O4S/c1-30(21-12-10-18(11-13-21)16-24(31)34-22-8-3-2-4-9-22)23-14-15-26-25(28-23)27-19-6-5-7-20(17-19)29-35(32)33/h2-15,17,29H,16H2,1H3,(H,32,33)(H,26,27,28). The van der Waals surface area contributed by atoms with E-state index in [4.69, 9.17) is 9.29 Å². The minimum atomic E-state index is -2.16. The Morgan fingerprint density at radius 3 is 2.49 bits per heavy atom. The van der Waals surface area contributed by atoms with Crippen molar-refractivity contribution in [1.29, 1.82) is 0 Å². The second kappa shape index (κ2) is 11.2. The lowest BCUT2D eigenvalue weighted by Gasteiger charge is -2.19. The largest absolute Gasteiger partial charge is 0.426 e. The van der Waals surface area contributed by atoms with Gasteiger partial charge in [0, 0.05) is 24.6 Å². The highest BCUT2D eigenvalue weighted by molar-refractivity contribution is 7.80. The van der Waals surface area contributed by atoms with Crippen LogP contribution in [-0.4, -0.2) is 31.7 Å². The Morgan fingerprint density at radius 1 is 1.00 bits per heavy atom. The fourth-order valence-electron chi connectivity index (χ4n) is 3.28. The summed E-state index contributed by atoms with van der Waals surface area (Å²) >= 11 is -2.16. The summed E-state index contributed by atoms with van der Waals surface area (Å²) in [5.74, 6) is 1.23. The Kier molecular flexibility index (Phi) is 7.66. The smallest absolute Gasteiger partial charge is 0.315 e. The van der Waals surface area contributed by atoms with E-state index in [9.17, 15) is 9.00 Å². The van der Waals surface area contributed by atoms with Crippen LogP contribution < -0.4 is 19.7 Å². The Hall–Kier alpha value is -4.28. The first-order valence-corrected chi connectivity index (χ1v) is 11.7. The van der Waals surface area contributed by atoms with E-state index in [2.05, 4.69) is 20.0 Å². The fourth-order valence-corrected chi connectivity index (χ4v) is 3.61. The summed E-state index contributed by atoms with van der Waals surface area (Å²) in [5.41, 5.74) is 2.86. The molecule has 0 aliphatic rings. The summed E-state index contributed by atoms with van der Waals surface area (Å²) in [4.78, 5) is 22.9. The molecule has 0 bridgehead atoms. The minimum Gasteiger partial charge on any atom is -0.426 e. The molecule has 1 heterocycles. The number of carbonyl (C=O) groups is 1. The van der Waals surface area contributed by atoms with Gasteiger partial charge in [-0.25, -0.2) is 9.19 Å². The van der Waals surface area contributed by atoms with Crippen molar-refractivity contribution in [2.45, 2.75) is 6.42 Å². The van der Waals surface area contributed by atoms with Gasteiger partial charge in [0.1, 0.15) is 11.6 Å². The number of benzene rings is 3. The molecule has 0 amide bonds. The Bertz CT molecular complexity index is 1320. The van der Waals surface area contributed by atoms with Gasteiger partial charge in [-0.2, -0.15) is 4.98 Å². The lowest BCUT2D eigenvalue weighted by Crippen LogP contribution is -2.13. The molecular formula is C25H23N5O4S. The molecule has 0 saturated carbocycles. The van der Waals surface area contributed by atoms with Crippen LogP contribution in [-0.2, 0) is 22.5 Å². The van der Waals surface area contributed by atoms with Crippen LogP contribution in [0.15, 0.2) is 91.1 Å². The maximum absolute atomic E-state index is 12.2. The first-order valence-electron chi connectivity index (χ1n) is 10.6. The van der Waals surface area contributed by atoms with E-state index in [-0.39, 0.29) is 12.4 Å². The van der Waals surface area contributed by atoms with E-state index in [0.717, 1.165) is 11.3 Å². The van der Waals surface area contributed by atoms with E-state index >= 15 is 0 Å². The quantitative estimate of drug-likeness (QED) is 0.176. The summed E-state index contributed by atoms with van der Waals surface area (Å²) in [7, 11) is 1.88. The monoisotopic (exact) mass is 489 g/mol. The third kappa shape index (κ3) is 6.85. The first-order chi connectivity index (χ1) is 17.0. The molecule has 178 valence electrons. The summed E-state index contributed by atoms with van der Waals surface area (Å²) in [6.07, 6.45) is 1.80. The zero-order valence-corrected chi connectivity index (χ0v) is 19.6. The van der Waals surface area contributed by atoms with Crippen molar-refractivity contribution in [1.82, 2.24) is 9.97 Å². The lowest BCUT2D eigenvalue weighted by atomic mass is 10.1. The van der Waals surface area contributed by atoms with Crippen molar-refractivity contribution in [3.63, 3.8) is 0 Å². The van der Waals surface area contributed by atoms with Crippen molar-refractivity contribution in [2.75, 3.05) is 22.0 Å². The van der Waals surface area contributed by atoms with Crippen LogP contribution in [0, 0.1) is 0 Å². The van der Waals surface area contributed by atoms with Crippen LogP contribution >= 0.6 is 0 Å². The van der Waals surface area contributed by atoms with Crippen molar-refractivity contribution < 1.29 is 18.3 Å². The molecule has 0 spiro atoms. The number of hydrogen-bond acceptors (Lipinski definition) is 7. The van der Waals surface area contributed by atoms with Crippen LogP contribution in [0.5, 0.6) is 5.75 Å². The molecule has 1 unspecified atom stereocenters. The molecule has 0 aliphatic carbocycles. The van der Waals surface area contributed by atoms with Crippen LogP contribution in [0.25, 0.3) is 0 Å². The van der Waals surface area contributed by atoms with Crippen LogP contribution in [0.2, 0.25) is 0 Å². The van der Waals surface area contributed by atoms with Gasteiger partial charge < -0.3 is 15.0 Å². The second-order valence-electron chi connectivity index (χ2n) is 7.48. The number of aromatic nitrogens is 2. The zero-order valence-electron chi connectivity index (χ0n) is 18.8. The molecule has 3 aromatic carbocycles. The van der Waals surface area contributed by atoms with Crippen LogP contribution in [0.4, 0.5) is 28.8 Å². The number of esters is 1. The number of nitrogens with zero attached hydrogens (tertiary/aromatic N) is 3. The number of rotatable bonds is 9. The Labute approximate surface area is 205 Å². The van der Waals surface area contributed by atoms with Gasteiger partial charge in [0.05, 0.1) is 12.1 Å².